The van der Waals surface area contributed by atoms with Gasteiger partial charge in [0.2, 0.25) is 5.91 Å². The van der Waals surface area contributed by atoms with Gasteiger partial charge in [0.05, 0.1) is 5.69 Å². The van der Waals surface area contributed by atoms with E-state index in [9.17, 15) is 4.79 Å². The first-order valence-electron chi connectivity index (χ1n) is 5.10. The van der Waals surface area contributed by atoms with Crippen LogP contribution in [0.1, 0.15) is 21.8 Å². The quantitative estimate of drug-likeness (QED) is 0.869. The van der Waals surface area contributed by atoms with Gasteiger partial charge >= 0.3 is 0 Å². The summed E-state index contributed by atoms with van der Waals surface area (Å²) in [6, 6.07) is 8.40. The number of rotatable bonds is 4. The van der Waals surface area contributed by atoms with Crippen LogP contribution in [-0.2, 0) is 6.61 Å². The topological polar surface area (TPSA) is 78.4 Å². The van der Waals surface area contributed by atoms with Crippen molar-refractivity contribution >= 4 is 5.91 Å². The fourth-order valence-corrected chi connectivity index (χ4v) is 1.35. The summed E-state index contributed by atoms with van der Waals surface area (Å²) in [7, 11) is 0. The summed E-state index contributed by atoms with van der Waals surface area (Å²) in [5, 5.41) is 3.75. The molecule has 1 aromatic carbocycles. The molecule has 1 aromatic heterocycles. The number of aryl methyl sites for hydroxylation is 1. The molecule has 0 unspecified atom stereocenters. The summed E-state index contributed by atoms with van der Waals surface area (Å²) < 4.78 is 10.5. The van der Waals surface area contributed by atoms with Gasteiger partial charge in [0, 0.05) is 11.6 Å². The maximum Gasteiger partial charge on any atom is 0.248 e. The predicted octanol–water partition coefficient (Wildman–Crippen LogP) is 1.66. The summed E-state index contributed by atoms with van der Waals surface area (Å²) in [6.07, 6.45) is 0. The lowest BCUT2D eigenvalue weighted by atomic mass is 10.2. The van der Waals surface area contributed by atoms with E-state index in [0.29, 0.717) is 23.7 Å². The van der Waals surface area contributed by atoms with Crippen molar-refractivity contribution in [1.29, 1.82) is 0 Å². The van der Waals surface area contributed by atoms with Crippen molar-refractivity contribution in [3.8, 4) is 5.75 Å². The Kier molecular flexibility index (Phi) is 3.09. The SMILES string of the molecule is Cc1cc(COc2ccc(C(N)=O)cc2)on1. The Morgan fingerprint density at radius 1 is 1.41 bits per heavy atom. The highest BCUT2D eigenvalue weighted by Crippen LogP contribution is 2.14. The average Bonchev–Trinajstić information content (AvgIpc) is 2.73. The second kappa shape index (κ2) is 4.69. The normalized spacial score (nSPS) is 10.2. The van der Waals surface area contributed by atoms with Crippen LogP contribution in [0, 0.1) is 6.92 Å². The van der Waals surface area contributed by atoms with Crippen molar-refractivity contribution in [2.75, 3.05) is 0 Å². The molecule has 5 nitrogen and oxygen atoms in total. The number of carbonyl (C=O) groups excluding carboxylic acids is 1. The van der Waals surface area contributed by atoms with Crippen LogP contribution in [0.5, 0.6) is 5.75 Å². The highest BCUT2D eigenvalue weighted by atomic mass is 16.5. The van der Waals surface area contributed by atoms with Crippen LogP contribution in [0.4, 0.5) is 0 Å². The molecular formula is C12H12N2O3. The number of nitrogens with two attached hydrogens (primary N) is 1. The highest BCUT2D eigenvalue weighted by Gasteiger charge is 2.03. The molecular weight excluding hydrogens is 220 g/mol. The van der Waals surface area contributed by atoms with Gasteiger partial charge in [-0.05, 0) is 31.2 Å². The van der Waals surface area contributed by atoms with Crippen LogP contribution in [0.3, 0.4) is 0 Å². The van der Waals surface area contributed by atoms with Gasteiger partial charge in [-0.25, -0.2) is 0 Å². The number of amides is 1. The van der Waals surface area contributed by atoms with Gasteiger partial charge in [0.25, 0.3) is 0 Å². The van der Waals surface area contributed by atoms with Crippen LogP contribution < -0.4 is 10.5 Å². The monoisotopic (exact) mass is 232 g/mol. The molecule has 0 bridgehead atoms. The summed E-state index contributed by atoms with van der Waals surface area (Å²) in [4.78, 5) is 10.9. The van der Waals surface area contributed by atoms with Crippen LogP contribution in [0.25, 0.3) is 0 Å². The van der Waals surface area contributed by atoms with E-state index in [4.69, 9.17) is 15.0 Å². The number of benzene rings is 1. The Bertz CT molecular complexity index is 517. The lowest BCUT2D eigenvalue weighted by Gasteiger charge is -2.03. The largest absolute Gasteiger partial charge is 0.486 e. The molecule has 88 valence electrons. The Labute approximate surface area is 98.2 Å². The maximum atomic E-state index is 10.9. The van der Waals surface area contributed by atoms with E-state index in [1.165, 1.54) is 0 Å². The zero-order valence-electron chi connectivity index (χ0n) is 9.34. The first-order valence-corrected chi connectivity index (χ1v) is 5.10. The number of primary amides is 1. The lowest BCUT2D eigenvalue weighted by Crippen LogP contribution is -2.10. The van der Waals surface area contributed by atoms with Crippen LogP contribution in [0.2, 0.25) is 0 Å². The maximum absolute atomic E-state index is 10.9. The van der Waals surface area contributed by atoms with Gasteiger partial charge < -0.3 is 15.0 Å². The molecule has 0 spiro atoms. The highest BCUT2D eigenvalue weighted by molar-refractivity contribution is 5.92. The van der Waals surface area contributed by atoms with Gasteiger partial charge in [-0.1, -0.05) is 5.16 Å². The van der Waals surface area contributed by atoms with Crippen molar-refractivity contribution in [1.82, 2.24) is 5.16 Å². The molecule has 1 heterocycles. The Hall–Kier alpha value is -2.30. The van der Waals surface area contributed by atoms with Crippen LogP contribution >= 0.6 is 0 Å². The minimum absolute atomic E-state index is 0.302. The minimum atomic E-state index is -0.456. The van der Waals surface area contributed by atoms with Gasteiger partial charge in [-0.15, -0.1) is 0 Å². The molecule has 17 heavy (non-hydrogen) atoms. The smallest absolute Gasteiger partial charge is 0.248 e. The molecule has 0 aliphatic heterocycles. The fraction of sp³-hybridized carbons (Fsp3) is 0.167. The number of hydrogen-bond donors (Lipinski definition) is 1. The molecule has 0 saturated carbocycles. The molecule has 5 heteroatoms. The standard InChI is InChI=1S/C12H12N2O3/c1-8-6-11(17-14-8)7-16-10-4-2-9(3-5-10)12(13)15/h2-6H,7H2,1H3,(H2,13,15). The zero-order valence-corrected chi connectivity index (χ0v) is 9.34. The third-order valence-electron chi connectivity index (χ3n) is 2.20. The van der Waals surface area contributed by atoms with E-state index >= 15 is 0 Å². The summed E-state index contributed by atoms with van der Waals surface area (Å²) in [5.74, 6) is 0.841. The number of ether oxygens (including phenoxy) is 1. The number of carbonyl (C=O) groups is 1. The Morgan fingerprint density at radius 3 is 2.65 bits per heavy atom. The molecule has 0 aliphatic carbocycles. The van der Waals surface area contributed by atoms with Crippen molar-refractivity contribution in [3.05, 3.63) is 47.3 Å². The molecule has 2 rings (SSSR count). The third kappa shape index (κ3) is 2.84. The molecule has 0 radical (unpaired) electrons. The zero-order chi connectivity index (χ0) is 12.3. The minimum Gasteiger partial charge on any atom is -0.486 e. The second-order valence-corrected chi connectivity index (χ2v) is 3.61. The van der Waals surface area contributed by atoms with Crippen LogP contribution in [-0.4, -0.2) is 11.1 Å². The molecule has 2 N–H and O–H groups in total. The van der Waals surface area contributed by atoms with Crippen molar-refractivity contribution < 1.29 is 14.1 Å². The number of aromatic nitrogens is 1. The van der Waals surface area contributed by atoms with Crippen molar-refractivity contribution in [2.24, 2.45) is 5.73 Å². The van der Waals surface area contributed by atoms with Gasteiger partial charge in [-0.3, -0.25) is 4.79 Å². The van der Waals surface area contributed by atoms with E-state index in [2.05, 4.69) is 5.16 Å². The Morgan fingerprint density at radius 2 is 2.12 bits per heavy atom. The summed E-state index contributed by atoms with van der Waals surface area (Å²) in [6.45, 7) is 2.14. The van der Waals surface area contributed by atoms with Crippen molar-refractivity contribution in [3.63, 3.8) is 0 Å². The first kappa shape index (κ1) is 11.2. The second-order valence-electron chi connectivity index (χ2n) is 3.61. The average molecular weight is 232 g/mol. The van der Waals surface area contributed by atoms with Gasteiger partial charge in [0.15, 0.2) is 5.76 Å². The van der Waals surface area contributed by atoms with E-state index in [-0.39, 0.29) is 0 Å². The van der Waals surface area contributed by atoms with Crippen LogP contribution in [0.15, 0.2) is 34.9 Å². The molecule has 1 amide bonds. The number of hydrogen-bond acceptors (Lipinski definition) is 4. The van der Waals surface area contributed by atoms with E-state index < -0.39 is 5.91 Å². The van der Waals surface area contributed by atoms with Crippen molar-refractivity contribution in [2.45, 2.75) is 13.5 Å². The first-order chi connectivity index (χ1) is 8.15. The lowest BCUT2D eigenvalue weighted by molar-refractivity contribution is 0.1000. The third-order valence-corrected chi connectivity index (χ3v) is 2.20. The fourth-order valence-electron chi connectivity index (χ4n) is 1.35. The van der Waals surface area contributed by atoms with E-state index in [0.717, 1.165) is 5.69 Å². The molecule has 0 aliphatic rings. The summed E-state index contributed by atoms with van der Waals surface area (Å²) >= 11 is 0. The molecule has 0 atom stereocenters. The summed E-state index contributed by atoms with van der Waals surface area (Å²) in [5.41, 5.74) is 6.39. The Balaban J connectivity index is 1.97. The number of nitrogens with zero attached hydrogens (tertiary/aromatic N) is 1. The molecule has 0 fully saturated rings. The van der Waals surface area contributed by atoms with Gasteiger partial charge in [-0.2, -0.15) is 0 Å². The van der Waals surface area contributed by atoms with E-state index in [1.807, 2.05) is 6.92 Å². The van der Waals surface area contributed by atoms with Gasteiger partial charge in [0.1, 0.15) is 12.4 Å². The molecule has 2 aromatic rings. The molecule has 0 saturated heterocycles. The van der Waals surface area contributed by atoms with E-state index in [1.54, 1.807) is 30.3 Å². The predicted molar refractivity (Wildman–Crippen MR) is 60.5 cm³/mol.